The first kappa shape index (κ1) is 17.3. The van der Waals surface area contributed by atoms with E-state index in [9.17, 15) is 4.79 Å². The Labute approximate surface area is 148 Å². The molecular weight excluding hydrogens is 312 g/mol. The molecule has 0 saturated carbocycles. The first-order valence-electron chi connectivity index (χ1n) is 8.86. The lowest BCUT2D eigenvalue weighted by molar-refractivity contribution is -0.121. The molecule has 0 aliphatic heterocycles. The van der Waals surface area contributed by atoms with Crippen molar-refractivity contribution < 1.29 is 4.79 Å². The van der Waals surface area contributed by atoms with Crippen molar-refractivity contribution >= 4 is 16.8 Å². The predicted octanol–water partition coefficient (Wildman–Crippen LogP) is 3.39. The van der Waals surface area contributed by atoms with Crippen LogP contribution in [-0.2, 0) is 18.3 Å². The van der Waals surface area contributed by atoms with Gasteiger partial charge in [0.2, 0.25) is 5.91 Å². The van der Waals surface area contributed by atoms with Crippen LogP contribution in [0.5, 0.6) is 0 Å². The summed E-state index contributed by atoms with van der Waals surface area (Å²) in [5.41, 5.74) is 3.47. The molecule has 1 atom stereocenters. The fraction of sp³-hybridized carbons (Fsp3) is 0.400. The summed E-state index contributed by atoms with van der Waals surface area (Å²) in [4.78, 5) is 15.6. The third kappa shape index (κ3) is 3.92. The standard InChI is InChI=1S/C20H26N4O/c1-14(2)17(19-10-11-23-24(19)3)13-22-20(25)9-8-15-12-21-18-7-5-4-6-16(15)18/h4-7,10-12,14,17,21H,8-9,13H2,1-3H3,(H,22,25)/t17-/m0/s1. The lowest BCUT2D eigenvalue weighted by atomic mass is 9.92. The number of aromatic nitrogens is 3. The Kier molecular flexibility index (Phi) is 5.22. The van der Waals surface area contributed by atoms with Crippen LogP contribution in [0.15, 0.2) is 42.7 Å². The molecule has 2 aromatic heterocycles. The summed E-state index contributed by atoms with van der Waals surface area (Å²) in [6.45, 7) is 5.00. The molecule has 0 aliphatic carbocycles. The first-order valence-corrected chi connectivity index (χ1v) is 8.86. The molecule has 0 radical (unpaired) electrons. The number of amides is 1. The number of para-hydroxylation sites is 1. The second-order valence-corrected chi connectivity index (χ2v) is 6.89. The monoisotopic (exact) mass is 338 g/mol. The van der Waals surface area contributed by atoms with Crippen molar-refractivity contribution in [2.75, 3.05) is 6.54 Å². The average Bonchev–Trinajstić information content (AvgIpc) is 3.19. The van der Waals surface area contributed by atoms with Gasteiger partial charge in [-0.1, -0.05) is 32.0 Å². The van der Waals surface area contributed by atoms with Gasteiger partial charge < -0.3 is 10.3 Å². The van der Waals surface area contributed by atoms with E-state index in [0.29, 0.717) is 18.9 Å². The number of benzene rings is 1. The molecule has 1 amide bonds. The smallest absolute Gasteiger partial charge is 0.220 e. The number of hydrogen-bond donors (Lipinski definition) is 2. The van der Waals surface area contributed by atoms with Gasteiger partial charge in [-0.25, -0.2) is 0 Å². The summed E-state index contributed by atoms with van der Waals surface area (Å²) >= 11 is 0. The summed E-state index contributed by atoms with van der Waals surface area (Å²) in [6.07, 6.45) is 5.06. The zero-order chi connectivity index (χ0) is 17.8. The van der Waals surface area contributed by atoms with Gasteiger partial charge in [0.25, 0.3) is 0 Å². The number of nitrogens with zero attached hydrogens (tertiary/aromatic N) is 2. The van der Waals surface area contributed by atoms with Gasteiger partial charge >= 0.3 is 0 Å². The molecule has 0 saturated heterocycles. The number of rotatable bonds is 7. The van der Waals surface area contributed by atoms with Gasteiger partial charge in [-0.15, -0.1) is 0 Å². The topological polar surface area (TPSA) is 62.7 Å². The van der Waals surface area contributed by atoms with Gasteiger partial charge in [-0.2, -0.15) is 5.10 Å². The van der Waals surface area contributed by atoms with E-state index in [0.717, 1.165) is 17.6 Å². The van der Waals surface area contributed by atoms with Gasteiger partial charge in [0.05, 0.1) is 0 Å². The molecule has 0 fully saturated rings. The van der Waals surface area contributed by atoms with Crippen molar-refractivity contribution in [3.05, 3.63) is 54.0 Å². The van der Waals surface area contributed by atoms with Crippen molar-refractivity contribution in [3.8, 4) is 0 Å². The summed E-state index contributed by atoms with van der Waals surface area (Å²) in [7, 11) is 1.95. The van der Waals surface area contributed by atoms with E-state index in [1.807, 2.05) is 42.3 Å². The quantitative estimate of drug-likeness (QED) is 0.693. The highest BCUT2D eigenvalue weighted by atomic mass is 16.1. The maximum atomic E-state index is 12.3. The van der Waals surface area contributed by atoms with Gasteiger partial charge in [0.15, 0.2) is 0 Å². The molecule has 1 aromatic carbocycles. The van der Waals surface area contributed by atoms with Crippen molar-refractivity contribution in [2.24, 2.45) is 13.0 Å². The second-order valence-electron chi connectivity index (χ2n) is 6.89. The molecule has 5 nitrogen and oxygen atoms in total. The first-order chi connectivity index (χ1) is 12.1. The van der Waals surface area contributed by atoms with E-state index in [-0.39, 0.29) is 11.8 Å². The van der Waals surface area contributed by atoms with Crippen LogP contribution >= 0.6 is 0 Å². The number of carbonyl (C=O) groups is 1. The van der Waals surface area contributed by atoms with Crippen LogP contribution in [0.1, 0.15) is 37.4 Å². The van der Waals surface area contributed by atoms with Gasteiger partial charge in [0, 0.05) is 54.9 Å². The summed E-state index contributed by atoms with van der Waals surface area (Å²) in [5, 5.41) is 8.55. The second kappa shape index (κ2) is 7.55. The Hall–Kier alpha value is -2.56. The number of H-pyrrole nitrogens is 1. The van der Waals surface area contributed by atoms with Crippen LogP contribution in [0.25, 0.3) is 10.9 Å². The van der Waals surface area contributed by atoms with Crippen molar-refractivity contribution in [3.63, 3.8) is 0 Å². The largest absolute Gasteiger partial charge is 0.361 e. The Morgan fingerprint density at radius 2 is 2.08 bits per heavy atom. The van der Waals surface area contributed by atoms with Crippen molar-refractivity contribution in [1.82, 2.24) is 20.1 Å². The van der Waals surface area contributed by atoms with E-state index >= 15 is 0 Å². The average molecular weight is 338 g/mol. The molecule has 2 N–H and O–H groups in total. The molecular formula is C20H26N4O. The fourth-order valence-electron chi connectivity index (χ4n) is 3.33. The van der Waals surface area contributed by atoms with Crippen LogP contribution in [0, 0.1) is 5.92 Å². The maximum absolute atomic E-state index is 12.3. The highest BCUT2D eigenvalue weighted by molar-refractivity contribution is 5.84. The van der Waals surface area contributed by atoms with E-state index in [1.54, 1.807) is 0 Å². The summed E-state index contributed by atoms with van der Waals surface area (Å²) in [6, 6.07) is 10.2. The van der Waals surface area contributed by atoms with Crippen LogP contribution < -0.4 is 5.32 Å². The van der Waals surface area contributed by atoms with E-state index < -0.39 is 0 Å². The summed E-state index contributed by atoms with van der Waals surface area (Å²) in [5.74, 6) is 0.798. The maximum Gasteiger partial charge on any atom is 0.220 e. The van der Waals surface area contributed by atoms with E-state index in [4.69, 9.17) is 0 Å². The normalized spacial score (nSPS) is 12.6. The molecule has 3 rings (SSSR count). The fourth-order valence-corrected chi connectivity index (χ4v) is 3.33. The zero-order valence-corrected chi connectivity index (χ0v) is 15.1. The highest BCUT2D eigenvalue weighted by Gasteiger charge is 2.19. The highest BCUT2D eigenvalue weighted by Crippen LogP contribution is 2.23. The molecule has 0 unspecified atom stereocenters. The minimum atomic E-state index is 0.0955. The number of carbonyl (C=O) groups excluding carboxylic acids is 1. The molecule has 2 heterocycles. The molecule has 5 heteroatoms. The third-order valence-corrected chi connectivity index (χ3v) is 4.86. The number of nitrogens with one attached hydrogen (secondary N) is 2. The van der Waals surface area contributed by atoms with Crippen LogP contribution in [-0.4, -0.2) is 27.2 Å². The van der Waals surface area contributed by atoms with Crippen molar-refractivity contribution in [2.45, 2.75) is 32.6 Å². The molecule has 25 heavy (non-hydrogen) atoms. The lowest BCUT2D eigenvalue weighted by Crippen LogP contribution is -2.31. The lowest BCUT2D eigenvalue weighted by Gasteiger charge is -2.21. The molecule has 3 aromatic rings. The number of aromatic amines is 1. The molecule has 132 valence electrons. The number of hydrogen-bond acceptors (Lipinski definition) is 2. The van der Waals surface area contributed by atoms with E-state index in [1.165, 1.54) is 10.9 Å². The molecule has 0 aliphatic rings. The molecule has 0 bridgehead atoms. The molecule has 0 spiro atoms. The van der Waals surface area contributed by atoms with Crippen LogP contribution in [0.3, 0.4) is 0 Å². The Morgan fingerprint density at radius 3 is 2.80 bits per heavy atom. The SMILES string of the molecule is CC(C)[C@H](CNC(=O)CCc1c[nH]c2ccccc12)c1ccnn1C. The number of fused-ring (bicyclic) bond motifs is 1. The minimum Gasteiger partial charge on any atom is -0.361 e. The van der Waals surface area contributed by atoms with Crippen molar-refractivity contribution in [1.29, 1.82) is 0 Å². The summed E-state index contributed by atoms with van der Waals surface area (Å²) < 4.78 is 1.89. The third-order valence-electron chi connectivity index (χ3n) is 4.86. The van der Waals surface area contributed by atoms with Gasteiger partial charge in [0.1, 0.15) is 0 Å². The Balaban J connectivity index is 1.56. The zero-order valence-electron chi connectivity index (χ0n) is 15.1. The van der Waals surface area contributed by atoms with E-state index in [2.05, 4.69) is 41.4 Å². The van der Waals surface area contributed by atoms with Crippen LogP contribution in [0.2, 0.25) is 0 Å². The van der Waals surface area contributed by atoms with Crippen LogP contribution in [0.4, 0.5) is 0 Å². The number of aryl methyl sites for hydroxylation is 2. The van der Waals surface area contributed by atoms with Gasteiger partial charge in [-0.05, 0) is 30.0 Å². The Bertz CT molecular complexity index is 846. The Morgan fingerprint density at radius 1 is 1.28 bits per heavy atom. The van der Waals surface area contributed by atoms with Gasteiger partial charge in [-0.3, -0.25) is 9.48 Å². The predicted molar refractivity (Wildman–Crippen MR) is 100 cm³/mol. The minimum absolute atomic E-state index is 0.0955.